The number of para-hydroxylation sites is 1. The van der Waals surface area contributed by atoms with Crippen molar-refractivity contribution >= 4 is 23.2 Å². The van der Waals surface area contributed by atoms with E-state index >= 15 is 0 Å². The van der Waals surface area contributed by atoms with Crippen LogP contribution in [0.25, 0.3) is 17.1 Å². The predicted octanol–water partition coefficient (Wildman–Crippen LogP) is 4.84. The topological polar surface area (TPSA) is 59.8 Å². The minimum absolute atomic E-state index is 0.0812. The highest BCUT2D eigenvalue weighted by atomic mass is 35.5. The lowest BCUT2D eigenvalue weighted by molar-refractivity contribution is 0.101. The summed E-state index contributed by atoms with van der Waals surface area (Å²) in [6, 6.07) is 26.1. The summed E-state index contributed by atoms with van der Waals surface area (Å²) in [5.74, 6) is 0.271. The largest absolute Gasteiger partial charge is 0.319 e. The molecule has 6 heteroatoms. The highest BCUT2D eigenvalue weighted by Crippen LogP contribution is 2.23. The van der Waals surface area contributed by atoms with Crippen molar-refractivity contribution in [2.75, 3.05) is 5.32 Å². The summed E-state index contributed by atoms with van der Waals surface area (Å²) in [4.78, 5) is 17.1. The molecule has 27 heavy (non-hydrogen) atoms. The van der Waals surface area contributed by atoms with E-state index in [1.807, 2.05) is 72.8 Å². The second-order valence-electron chi connectivity index (χ2n) is 5.84. The molecular formula is C21H15ClN4O. The molecule has 132 valence electrons. The van der Waals surface area contributed by atoms with E-state index in [1.54, 1.807) is 16.8 Å². The fraction of sp³-hybridized carbons (Fsp3) is 0. The molecule has 5 nitrogen and oxygen atoms in total. The van der Waals surface area contributed by atoms with E-state index in [2.05, 4.69) is 15.4 Å². The molecule has 0 aliphatic heterocycles. The minimum Gasteiger partial charge on any atom is -0.319 e. The van der Waals surface area contributed by atoms with Crippen molar-refractivity contribution in [1.29, 1.82) is 0 Å². The van der Waals surface area contributed by atoms with Crippen LogP contribution in [0.4, 0.5) is 5.69 Å². The molecule has 1 heterocycles. The third-order valence-corrected chi connectivity index (χ3v) is 4.16. The molecule has 0 radical (unpaired) electrons. The Hall–Kier alpha value is -3.44. The van der Waals surface area contributed by atoms with Gasteiger partial charge >= 0.3 is 0 Å². The third kappa shape index (κ3) is 3.73. The van der Waals surface area contributed by atoms with Gasteiger partial charge in [0.15, 0.2) is 5.82 Å². The lowest BCUT2D eigenvalue weighted by Crippen LogP contribution is -2.14. The van der Waals surface area contributed by atoms with Crippen LogP contribution in [0.15, 0.2) is 84.9 Å². The standard InChI is InChI=1S/C21H15ClN4O/c22-16-10-7-13-18(14-16)26-20(15-8-3-1-4-9-15)24-19(25-26)21(27)23-17-11-5-2-6-12-17/h1-14H,(H,23,27). The van der Waals surface area contributed by atoms with Crippen LogP contribution >= 0.6 is 11.6 Å². The molecular weight excluding hydrogens is 360 g/mol. The van der Waals surface area contributed by atoms with Gasteiger partial charge in [-0.1, -0.05) is 66.2 Å². The second-order valence-corrected chi connectivity index (χ2v) is 6.27. The smallest absolute Gasteiger partial charge is 0.295 e. The van der Waals surface area contributed by atoms with Crippen molar-refractivity contribution < 1.29 is 4.79 Å². The lowest BCUT2D eigenvalue weighted by Gasteiger charge is -2.06. The number of hydrogen-bond acceptors (Lipinski definition) is 3. The van der Waals surface area contributed by atoms with Gasteiger partial charge in [-0.15, -0.1) is 5.10 Å². The maximum absolute atomic E-state index is 12.6. The molecule has 0 saturated carbocycles. The highest BCUT2D eigenvalue weighted by molar-refractivity contribution is 6.30. The molecule has 1 N–H and O–H groups in total. The minimum atomic E-state index is -0.376. The highest BCUT2D eigenvalue weighted by Gasteiger charge is 2.19. The molecule has 0 atom stereocenters. The summed E-state index contributed by atoms with van der Waals surface area (Å²) in [5.41, 5.74) is 2.26. The molecule has 4 aromatic rings. The molecule has 0 unspecified atom stereocenters. The quantitative estimate of drug-likeness (QED) is 0.556. The Labute approximate surface area is 161 Å². The van der Waals surface area contributed by atoms with E-state index < -0.39 is 0 Å². The fourth-order valence-corrected chi connectivity index (χ4v) is 2.86. The number of amides is 1. The number of anilines is 1. The van der Waals surface area contributed by atoms with Gasteiger partial charge in [0.25, 0.3) is 5.91 Å². The van der Waals surface area contributed by atoms with Gasteiger partial charge in [0.2, 0.25) is 5.82 Å². The molecule has 1 amide bonds. The van der Waals surface area contributed by atoms with E-state index in [9.17, 15) is 4.79 Å². The molecule has 0 bridgehead atoms. The number of hydrogen-bond donors (Lipinski definition) is 1. The zero-order valence-corrected chi connectivity index (χ0v) is 15.0. The van der Waals surface area contributed by atoms with E-state index in [1.165, 1.54) is 0 Å². The maximum atomic E-state index is 12.6. The summed E-state index contributed by atoms with van der Waals surface area (Å²) in [5, 5.41) is 7.82. The lowest BCUT2D eigenvalue weighted by atomic mass is 10.2. The average Bonchev–Trinajstić information content (AvgIpc) is 3.15. The summed E-state index contributed by atoms with van der Waals surface area (Å²) >= 11 is 6.13. The Morgan fingerprint density at radius 3 is 2.30 bits per heavy atom. The van der Waals surface area contributed by atoms with Crippen LogP contribution in [0, 0.1) is 0 Å². The molecule has 0 spiro atoms. The summed E-state index contributed by atoms with van der Waals surface area (Å²) < 4.78 is 1.63. The number of carbonyl (C=O) groups excluding carboxylic acids is 1. The number of nitrogens with one attached hydrogen (secondary N) is 1. The van der Waals surface area contributed by atoms with Gasteiger partial charge < -0.3 is 5.32 Å². The zero-order chi connectivity index (χ0) is 18.6. The van der Waals surface area contributed by atoms with Gasteiger partial charge in [-0.2, -0.15) is 0 Å². The number of nitrogens with zero attached hydrogens (tertiary/aromatic N) is 3. The maximum Gasteiger partial charge on any atom is 0.295 e. The molecule has 1 aromatic heterocycles. The van der Waals surface area contributed by atoms with Gasteiger partial charge in [0.05, 0.1) is 5.69 Å². The number of halogens is 1. The molecule has 4 rings (SSSR count). The van der Waals surface area contributed by atoms with Crippen LogP contribution < -0.4 is 5.32 Å². The molecule has 0 saturated heterocycles. The molecule has 0 fully saturated rings. The van der Waals surface area contributed by atoms with Crippen molar-refractivity contribution in [3.8, 4) is 17.1 Å². The van der Waals surface area contributed by atoms with E-state index in [4.69, 9.17) is 11.6 Å². The van der Waals surface area contributed by atoms with Gasteiger partial charge in [0.1, 0.15) is 0 Å². The van der Waals surface area contributed by atoms with E-state index in [0.717, 1.165) is 11.3 Å². The SMILES string of the molecule is O=C(Nc1ccccc1)c1nc(-c2ccccc2)n(-c2cccc(Cl)c2)n1. The second kappa shape index (κ2) is 7.43. The van der Waals surface area contributed by atoms with Crippen molar-refractivity contribution in [2.24, 2.45) is 0 Å². The van der Waals surface area contributed by atoms with Gasteiger partial charge in [-0.05, 0) is 30.3 Å². The average molecular weight is 375 g/mol. The monoisotopic (exact) mass is 374 g/mol. The van der Waals surface area contributed by atoms with Gasteiger partial charge in [0, 0.05) is 16.3 Å². The first-order valence-electron chi connectivity index (χ1n) is 8.35. The van der Waals surface area contributed by atoms with E-state index in [-0.39, 0.29) is 11.7 Å². The Bertz CT molecular complexity index is 1080. The van der Waals surface area contributed by atoms with Crippen molar-refractivity contribution in [2.45, 2.75) is 0 Å². The molecule has 3 aromatic carbocycles. The predicted molar refractivity (Wildman–Crippen MR) is 106 cm³/mol. The number of aromatic nitrogens is 3. The van der Waals surface area contributed by atoms with Crippen molar-refractivity contribution in [3.63, 3.8) is 0 Å². The first kappa shape index (κ1) is 17.0. The first-order chi connectivity index (χ1) is 13.2. The molecule has 0 aliphatic rings. The van der Waals surface area contributed by atoms with Crippen LogP contribution in [0.3, 0.4) is 0 Å². The van der Waals surface area contributed by atoms with Crippen molar-refractivity contribution in [3.05, 3.63) is 95.8 Å². The van der Waals surface area contributed by atoms with Crippen LogP contribution in [-0.2, 0) is 0 Å². The fourth-order valence-electron chi connectivity index (χ4n) is 2.68. The van der Waals surface area contributed by atoms with E-state index in [0.29, 0.717) is 16.5 Å². The summed E-state index contributed by atoms with van der Waals surface area (Å²) in [6.45, 7) is 0. The van der Waals surface area contributed by atoms with Crippen LogP contribution in [0.5, 0.6) is 0 Å². The Morgan fingerprint density at radius 1 is 0.889 bits per heavy atom. The Kier molecular flexibility index (Phi) is 4.68. The van der Waals surface area contributed by atoms with Crippen LogP contribution in [-0.4, -0.2) is 20.7 Å². The summed E-state index contributed by atoms with van der Waals surface area (Å²) in [6.07, 6.45) is 0. The Morgan fingerprint density at radius 2 is 1.59 bits per heavy atom. The normalized spacial score (nSPS) is 10.6. The number of benzene rings is 3. The number of carbonyl (C=O) groups is 1. The van der Waals surface area contributed by atoms with Gasteiger partial charge in [-0.3, -0.25) is 4.79 Å². The number of rotatable bonds is 4. The van der Waals surface area contributed by atoms with Crippen molar-refractivity contribution in [1.82, 2.24) is 14.8 Å². The third-order valence-electron chi connectivity index (χ3n) is 3.93. The summed E-state index contributed by atoms with van der Waals surface area (Å²) in [7, 11) is 0. The zero-order valence-electron chi connectivity index (χ0n) is 14.2. The Balaban J connectivity index is 1.77. The van der Waals surface area contributed by atoms with Gasteiger partial charge in [-0.25, -0.2) is 9.67 Å². The van der Waals surface area contributed by atoms with Crippen LogP contribution in [0.1, 0.15) is 10.6 Å². The first-order valence-corrected chi connectivity index (χ1v) is 8.73. The van der Waals surface area contributed by atoms with Crippen LogP contribution in [0.2, 0.25) is 5.02 Å². The molecule has 0 aliphatic carbocycles.